The minimum absolute atomic E-state index is 0.0768. The summed E-state index contributed by atoms with van der Waals surface area (Å²) in [4.78, 5) is 13.6. The molecule has 0 spiro atoms. The highest BCUT2D eigenvalue weighted by Crippen LogP contribution is 2.23. The molecule has 0 saturated heterocycles. The predicted molar refractivity (Wildman–Crippen MR) is 75.3 cm³/mol. The van der Waals surface area contributed by atoms with E-state index in [0.717, 1.165) is 6.42 Å². The standard InChI is InChI=1S/C15H22N2O/c1-5-13(16-14(18)6-2)15(17(3)4)12-10-8-7-9-11-12/h6-11,13,15H,2,5H2,1,3-4H3,(H,16,18). The van der Waals surface area contributed by atoms with E-state index in [1.54, 1.807) is 0 Å². The zero-order valence-corrected chi connectivity index (χ0v) is 11.4. The zero-order valence-electron chi connectivity index (χ0n) is 11.4. The highest BCUT2D eigenvalue weighted by molar-refractivity contribution is 5.87. The average Bonchev–Trinajstić information content (AvgIpc) is 2.38. The van der Waals surface area contributed by atoms with Crippen LogP contribution in [-0.4, -0.2) is 30.9 Å². The van der Waals surface area contributed by atoms with Crippen LogP contribution in [0.1, 0.15) is 24.9 Å². The number of amides is 1. The predicted octanol–water partition coefficient (Wildman–Crippen LogP) is 2.37. The van der Waals surface area contributed by atoms with Gasteiger partial charge in [-0.3, -0.25) is 4.79 Å². The van der Waals surface area contributed by atoms with Gasteiger partial charge in [-0.1, -0.05) is 43.8 Å². The summed E-state index contributed by atoms with van der Waals surface area (Å²) in [5.41, 5.74) is 1.21. The Morgan fingerprint density at radius 1 is 1.39 bits per heavy atom. The first-order valence-corrected chi connectivity index (χ1v) is 6.24. The van der Waals surface area contributed by atoms with Crippen molar-refractivity contribution in [3.05, 3.63) is 48.6 Å². The van der Waals surface area contributed by atoms with Gasteiger partial charge in [-0.15, -0.1) is 0 Å². The molecule has 1 rings (SSSR count). The van der Waals surface area contributed by atoms with E-state index in [4.69, 9.17) is 0 Å². The van der Waals surface area contributed by atoms with Gasteiger partial charge < -0.3 is 10.2 Å². The lowest BCUT2D eigenvalue weighted by atomic mass is 9.96. The number of likely N-dealkylation sites (N-methyl/N-ethyl adjacent to an activating group) is 1. The lowest BCUT2D eigenvalue weighted by Gasteiger charge is -2.32. The van der Waals surface area contributed by atoms with E-state index in [2.05, 4.69) is 35.9 Å². The van der Waals surface area contributed by atoms with Crippen molar-refractivity contribution < 1.29 is 4.79 Å². The van der Waals surface area contributed by atoms with Gasteiger partial charge in [-0.2, -0.15) is 0 Å². The van der Waals surface area contributed by atoms with E-state index in [0.29, 0.717) is 0 Å². The van der Waals surface area contributed by atoms with Gasteiger partial charge in [0.1, 0.15) is 0 Å². The number of hydrogen-bond donors (Lipinski definition) is 1. The van der Waals surface area contributed by atoms with Crippen LogP contribution in [0.2, 0.25) is 0 Å². The minimum Gasteiger partial charge on any atom is -0.348 e. The summed E-state index contributed by atoms with van der Waals surface area (Å²) >= 11 is 0. The third-order valence-electron chi connectivity index (χ3n) is 3.03. The molecule has 0 aliphatic carbocycles. The van der Waals surface area contributed by atoms with Gasteiger partial charge in [-0.05, 0) is 32.2 Å². The highest BCUT2D eigenvalue weighted by atomic mass is 16.1. The number of carbonyl (C=O) groups excluding carboxylic acids is 1. The van der Waals surface area contributed by atoms with Crippen molar-refractivity contribution in [2.45, 2.75) is 25.4 Å². The molecule has 0 fully saturated rings. The van der Waals surface area contributed by atoms with E-state index in [1.807, 2.05) is 32.3 Å². The fourth-order valence-electron chi connectivity index (χ4n) is 2.19. The van der Waals surface area contributed by atoms with Crippen molar-refractivity contribution in [3.8, 4) is 0 Å². The third-order valence-corrected chi connectivity index (χ3v) is 3.03. The van der Waals surface area contributed by atoms with Gasteiger partial charge in [0.25, 0.3) is 0 Å². The SMILES string of the molecule is C=CC(=O)NC(CC)C(c1ccccc1)N(C)C. The smallest absolute Gasteiger partial charge is 0.243 e. The van der Waals surface area contributed by atoms with E-state index in [9.17, 15) is 4.79 Å². The Morgan fingerprint density at radius 3 is 2.44 bits per heavy atom. The summed E-state index contributed by atoms with van der Waals surface area (Å²) in [6.07, 6.45) is 2.19. The van der Waals surface area contributed by atoms with Crippen molar-refractivity contribution in [1.82, 2.24) is 10.2 Å². The minimum atomic E-state index is -0.121. The van der Waals surface area contributed by atoms with Gasteiger partial charge in [0.2, 0.25) is 5.91 Å². The maximum atomic E-state index is 11.5. The lowest BCUT2D eigenvalue weighted by Crippen LogP contribution is -2.43. The Morgan fingerprint density at radius 2 is 2.00 bits per heavy atom. The molecule has 0 heterocycles. The Balaban J connectivity index is 2.95. The molecule has 0 saturated carbocycles. The molecule has 0 aliphatic rings. The molecule has 1 aromatic carbocycles. The van der Waals surface area contributed by atoms with Crippen LogP contribution in [-0.2, 0) is 4.79 Å². The first-order chi connectivity index (χ1) is 8.60. The molecule has 18 heavy (non-hydrogen) atoms. The van der Waals surface area contributed by atoms with E-state index >= 15 is 0 Å². The molecule has 0 bridgehead atoms. The molecule has 1 aromatic rings. The van der Waals surface area contributed by atoms with Gasteiger partial charge in [0, 0.05) is 6.04 Å². The van der Waals surface area contributed by atoms with Gasteiger partial charge >= 0.3 is 0 Å². The molecule has 1 amide bonds. The first kappa shape index (κ1) is 14.5. The van der Waals surface area contributed by atoms with Crippen LogP contribution in [0.25, 0.3) is 0 Å². The summed E-state index contributed by atoms with van der Waals surface area (Å²) in [7, 11) is 4.06. The van der Waals surface area contributed by atoms with Crippen molar-refractivity contribution >= 4 is 5.91 Å². The van der Waals surface area contributed by atoms with Crippen LogP contribution < -0.4 is 5.32 Å². The summed E-state index contributed by atoms with van der Waals surface area (Å²) in [6.45, 7) is 5.58. The fourth-order valence-corrected chi connectivity index (χ4v) is 2.19. The first-order valence-electron chi connectivity index (χ1n) is 6.24. The van der Waals surface area contributed by atoms with Crippen LogP contribution in [0.5, 0.6) is 0 Å². The molecule has 2 unspecified atom stereocenters. The van der Waals surface area contributed by atoms with Gasteiger partial charge in [-0.25, -0.2) is 0 Å². The second-order valence-electron chi connectivity index (χ2n) is 4.55. The second-order valence-corrected chi connectivity index (χ2v) is 4.55. The number of benzene rings is 1. The Hall–Kier alpha value is -1.61. The summed E-state index contributed by atoms with van der Waals surface area (Å²) in [5.74, 6) is -0.121. The number of nitrogens with one attached hydrogen (secondary N) is 1. The van der Waals surface area contributed by atoms with Gasteiger partial charge in [0.15, 0.2) is 0 Å². The summed E-state index contributed by atoms with van der Waals surface area (Å²) in [6, 6.07) is 10.5. The second kappa shape index (κ2) is 6.97. The molecule has 0 aliphatic heterocycles. The van der Waals surface area contributed by atoms with Gasteiger partial charge in [0.05, 0.1) is 6.04 Å². The maximum absolute atomic E-state index is 11.5. The number of hydrogen-bond acceptors (Lipinski definition) is 2. The average molecular weight is 246 g/mol. The molecule has 3 nitrogen and oxygen atoms in total. The number of carbonyl (C=O) groups is 1. The normalized spacial score (nSPS) is 14.0. The number of rotatable bonds is 6. The molecular formula is C15H22N2O. The van der Waals surface area contributed by atoms with Crippen LogP contribution in [0.4, 0.5) is 0 Å². The van der Waals surface area contributed by atoms with Crippen molar-refractivity contribution in [2.75, 3.05) is 14.1 Å². The molecule has 98 valence electrons. The highest BCUT2D eigenvalue weighted by Gasteiger charge is 2.24. The quantitative estimate of drug-likeness (QED) is 0.782. The van der Waals surface area contributed by atoms with Crippen LogP contribution in [0.15, 0.2) is 43.0 Å². The van der Waals surface area contributed by atoms with E-state index < -0.39 is 0 Å². The Bertz CT molecular complexity index is 387. The maximum Gasteiger partial charge on any atom is 0.243 e. The van der Waals surface area contributed by atoms with Crippen molar-refractivity contribution in [3.63, 3.8) is 0 Å². The van der Waals surface area contributed by atoms with E-state index in [1.165, 1.54) is 11.6 Å². The summed E-state index contributed by atoms with van der Waals surface area (Å²) < 4.78 is 0. The summed E-state index contributed by atoms with van der Waals surface area (Å²) in [5, 5.41) is 3.00. The Labute approximate surface area is 109 Å². The number of nitrogens with zero attached hydrogens (tertiary/aromatic N) is 1. The third kappa shape index (κ3) is 3.70. The topological polar surface area (TPSA) is 32.3 Å². The molecular weight excluding hydrogens is 224 g/mol. The molecule has 0 radical (unpaired) electrons. The monoisotopic (exact) mass is 246 g/mol. The van der Waals surface area contributed by atoms with Crippen LogP contribution in [0.3, 0.4) is 0 Å². The molecule has 1 N–H and O–H groups in total. The molecule has 2 atom stereocenters. The van der Waals surface area contributed by atoms with Crippen LogP contribution in [0, 0.1) is 0 Å². The Kier molecular flexibility index (Phi) is 5.59. The molecule has 3 heteroatoms. The van der Waals surface area contributed by atoms with Crippen LogP contribution >= 0.6 is 0 Å². The van der Waals surface area contributed by atoms with E-state index in [-0.39, 0.29) is 18.0 Å². The van der Waals surface area contributed by atoms with Crippen molar-refractivity contribution in [2.24, 2.45) is 0 Å². The van der Waals surface area contributed by atoms with Crippen molar-refractivity contribution in [1.29, 1.82) is 0 Å². The molecule has 0 aromatic heterocycles. The lowest BCUT2D eigenvalue weighted by molar-refractivity contribution is -0.117. The largest absolute Gasteiger partial charge is 0.348 e. The zero-order chi connectivity index (χ0) is 13.5. The fraction of sp³-hybridized carbons (Fsp3) is 0.400.